The van der Waals surface area contributed by atoms with Gasteiger partial charge in [-0.15, -0.1) is 0 Å². The van der Waals surface area contributed by atoms with Gasteiger partial charge < -0.3 is 26.0 Å². The van der Waals surface area contributed by atoms with Gasteiger partial charge in [0.25, 0.3) is 11.9 Å². The molecular formula is C20H28N8O3. The number of carboxylic acids is 1. The van der Waals surface area contributed by atoms with E-state index in [-0.39, 0.29) is 11.9 Å². The molecule has 0 saturated carbocycles. The smallest absolute Gasteiger partial charge is 0.300 e. The van der Waals surface area contributed by atoms with E-state index in [1.54, 1.807) is 24.2 Å². The number of H-pyrrole nitrogens is 1. The first-order valence-corrected chi connectivity index (χ1v) is 9.60. The molecule has 0 aliphatic carbocycles. The van der Waals surface area contributed by atoms with Crippen LogP contribution in [0, 0.1) is 0 Å². The van der Waals surface area contributed by atoms with Crippen molar-refractivity contribution in [2.75, 3.05) is 45.3 Å². The Kier molecular flexibility index (Phi) is 8.26. The molecule has 11 nitrogen and oxygen atoms in total. The summed E-state index contributed by atoms with van der Waals surface area (Å²) in [5, 5.41) is 18.5. The summed E-state index contributed by atoms with van der Waals surface area (Å²) in [6.07, 6.45) is 2.48. The van der Waals surface area contributed by atoms with Crippen LogP contribution in [0.2, 0.25) is 0 Å². The Hall–Kier alpha value is -3.73. The van der Waals surface area contributed by atoms with Crippen LogP contribution in [0.25, 0.3) is 10.9 Å². The summed E-state index contributed by atoms with van der Waals surface area (Å²) in [5.41, 5.74) is 7.60. The average molecular weight is 428 g/mol. The zero-order chi connectivity index (χ0) is 23.0. The zero-order valence-corrected chi connectivity index (χ0v) is 18.1. The predicted molar refractivity (Wildman–Crippen MR) is 119 cm³/mol. The molecule has 166 valence electrons. The van der Waals surface area contributed by atoms with Crippen molar-refractivity contribution in [3.05, 3.63) is 36.2 Å². The van der Waals surface area contributed by atoms with Gasteiger partial charge in [0.15, 0.2) is 5.69 Å². The second-order valence-corrected chi connectivity index (χ2v) is 7.16. The van der Waals surface area contributed by atoms with Crippen LogP contribution in [0.15, 0.2) is 30.5 Å². The number of carbonyl (C=O) groups excluding carboxylic acids is 1. The molecule has 3 aromatic rings. The number of nitrogen functional groups attached to an aromatic ring is 1. The third-order valence-corrected chi connectivity index (χ3v) is 4.16. The highest BCUT2D eigenvalue weighted by atomic mass is 16.4. The number of fused-ring (bicyclic) bond motifs is 1. The molecule has 5 N–H and O–H groups in total. The van der Waals surface area contributed by atoms with Crippen molar-refractivity contribution < 1.29 is 14.7 Å². The number of amides is 1. The van der Waals surface area contributed by atoms with Crippen LogP contribution in [0.5, 0.6) is 0 Å². The van der Waals surface area contributed by atoms with E-state index in [0.717, 1.165) is 36.5 Å². The number of hydrogen-bond acceptors (Lipinski definition) is 8. The number of carboxylic acid groups (broad SMARTS) is 1. The van der Waals surface area contributed by atoms with Crippen LogP contribution in [-0.4, -0.2) is 81.2 Å². The Morgan fingerprint density at radius 2 is 1.90 bits per heavy atom. The van der Waals surface area contributed by atoms with Crippen LogP contribution in [-0.2, 0) is 4.79 Å². The first kappa shape index (κ1) is 23.5. The lowest BCUT2D eigenvalue weighted by Crippen LogP contribution is -2.30. The number of aliphatic carboxylic acids is 1. The fourth-order valence-corrected chi connectivity index (χ4v) is 2.75. The van der Waals surface area contributed by atoms with Gasteiger partial charge in [0.1, 0.15) is 5.82 Å². The summed E-state index contributed by atoms with van der Waals surface area (Å²) in [7, 11) is 5.83. The molecule has 0 fully saturated rings. The highest BCUT2D eigenvalue weighted by molar-refractivity contribution is 6.05. The highest BCUT2D eigenvalue weighted by Crippen LogP contribution is 2.23. The van der Waals surface area contributed by atoms with E-state index in [9.17, 15) is 4.79 Å². The largest absolute Gasteiger partial charge is 0.481 e. The minimum absolute atomic E-state index is 0.108. The van der Waals surface area contributed by atoms with Crippen LogP contribution in [0.1, 0.15) is 23.8 Å². The number of nitrogens with zero attached hydrogens (tertiary/aromatic N) is 5. The summed E-state index contributed by atoms with van der Waals surface area (Å²) < 4.78 is 0. The molecule has 11 heteroatoms. The predicted octanol–water partition coefficient (Wildman–Crippen LogP) is 1.79. The third kappa shape index (κ3) is 7.23. The zero-order valence-electron chi connectivity index (χ0n) is 18.1. The molecule has 2 heterocycles. The average Bonchev–Trinajstić information content (AvgIpc) is 3.10. The highest BCUT2D eigenvalue weighted by Gasteiger charge is 2.18. The summed E-state index contributed by atoms with van der Waals surface area (Å²) in [6, 6.07) is 7.35. The fraction of sp³-hybridized carbons (Fsp3) is 0.350. The molecule has 0 bridgehead atoms. The van der Waals surface area contributed by atoms with E-state index in [1.165, 1.54) is 0 Å². The third-order valence-electron chi connectivity index (χ3n) is 4.16. The van der Waals surface area contributed by atoms with E-state index in [0.29, 0.717) is 18.1 Å². The molecule has 2 aromatic heterocycles. The lowest BCUT2D eigenvalue weighted by atomic mass is 10.1. The normalized spacial score (nSPS) is 10.5. The van der Waals surface area contributed by atoms with Crippen LogP contribution in [0.4, 0.5) is 17.5 Å². The Morgan fingerprint density at radius 3 is 2.55 bits per heavy atom. The van der Waals surface area contributed by atoms with Gasteiger partial charge in [0.2, 0.25) is 5.95 Å². The van der Waals surface area contributed by atoms with Gasteiger partial charge in [-0.05, 0) is 51.3 Å². The molecule has 3 rings (SSSR count). The molecule has 31 heavy (non-hydrogen) atoms. The fourth-order valence-electron chi connectivity index (χ4n) is 2.75. The molecule has 0 aliphatic rings. The van der Waals surface area contributed by atoms with Crippen LogP contribution < -0.4 is 11.1 Å². The van der Waals surface area contributed by atoms with Gasteiger partial charge in [0, 0.05) is 37.8 Å². The maximum Gasteiger partial charge on any atom is 0.300 e. The maximum absolute atomic E-state index is 12.8. The molecule has 0 radical (unpaired) electrons. The van der Waals surface area contributed by atoms with Gasteiger partial charge in [-0.3, -0.25) is 14.7 Å². The van der Waals surface area contributed by atoms with Gasteiger partial charge in [0.05, 0.1) is 5.52 Å². The molecule has 0 atom stereocenters. The number of nitrogens with two attached hydrogens (primary N) is 1. The first-order chi connectivity index (χ1) is 14.7. The standard InChI is InChI=1S/C18H24N8O.C2H4O2/c1-25(2)9-4-10-26(3)17(27)16-13-11-12(5-6-14(13)23-24-16)21-15-7-8-20-18(19)22-15;1-2(3)4/h5-8,11H,4,9-10H2,1-3H3,(H,23,24)(H3,19,20,21,22);1H3,(H,3,4). The van der Waals surface area contributed by atoms with Crippen molar-refractivity contribution in [2.24, 2.45) is 0 Å². The van der Waals surface area contributed by atoms with Crippen molar-refractivity contribution in [1.82, 2.24) is 30.0 Å². The number of hydrogen-bond donors (Lipinski definition) is 4. The Morgan fingerprint density at radius 1 is 1.19 bits per heavy atom. The van der Waals surface area contributed by atoms with Gasteiger partial charge >= 0.3 is 0 Å². The Balaban J connectivity index is 0.000000785. The van der Waals surface area contributed by atoms with Gasteiger partial charge in [-0.1, -0.05) is 0 Å². The maximum atomic E-state index is 12.8. The quantitative estimate of drug-likeness (QED) is 0.441. The monoisotopic (exact) mass is 428 g/mol. The van der Waals surface area contributed by atoms with Crippen molar-refractivity contribution in [1.29, 1.82) is 0 Å². The van der Waals surface area contributed by atoms with Crippen molar-refractivity contribution in [2.45, 2.75) is 13.3 Å². The molecule has 0 aliphatic heterocycles. The summed E-state index contributed by atoms with van der Waals surface area (Å²) in [5.74, 6) is -0.165. The van der Waals surface area contributed by atoms with Crippen LogP contribution >= 0.6 is 0 Å². The number of benzene rings is 1. The van der Waals surface area contributed by atoms with E-state index in [2.05, 4.69) is 30.4 Å². The van der Waals surface area contributed by atoms with Gasteiger partial charge in [-0.2, -0.15) is 10.1 Å². The topological polar surface area (TPSA) is 153 Å². The molecular weight excluding hydrogens is 400 g/mol. The first-order valence-electron chi connectivity index (χ1n) is 9.60. The van der Waals surface area contributed by atoms with Crippen molar-refractivity contribution in [3.8, 4) is 0 Å². The molecule has 1 aromatic carbocycles. The lowest BCUT2D eigenvalue weighted by Gasteiger charge is -2.17. The van der Waals surface area contributed by atoms with Gasteiger partial charge in [-0.25, -0.2) is 4.98 Å². The Bertz CT molecular complexity index is 1030. The van der Waals surface area contributed by atoms with E-state index in [1.807, 2.05) is 32.3 Å². The number of aromatic nitrogens is 4. The molecule has 0 saturated heterocycles. The van der Waals surface area contributed by atoms with E-state index in [4.69, 9.17) is 15.6 Å². The number of nitrogens with one attached hydrogen (secondary N) is 2. The second kappa shape index (κ2) is 10.9. The number of carbonyl (C=O) groups is 2. The summed E-state index contributed by atoms with van der Waals surface area (Å²) in [4.78, 5) is 33.6. The number of rotatable bonds is 7. The van der Waals surface area contributed by atoms with Crippen molar-refractivity contribution >= 4 is 40.2 Å². The van der Waals surface area contributed by atoms with E-state index < -0.39 is 5.97 Å². The molecule has 0 spiro atoms. The number of anilines is 3. The SMILES string of the molecule is CC(=O)O.CN(C)CCCN(C)C(=O)c1n[nH]c2ccc(Nc3ccnc(N)n3)cc12. The molecule has 0 unspecified atom stereocenters. The van der Waals surface area contributed by atoms with Crippen LogP contribution in [0.3, 0.4) is 0 Å². The summed E-state index contributed by atoms with van der Waals surface area (Å²) >= 11 is 0. The Labute approximate surface area is 180 Å². The van der Waals surface area contributed by atoms with E-state index >= 15 is 0 Å². The summed E-state index contributed by atoms with van der Waals surface area (Å²) in [6.45, 7) is 2.68. The number of aromatic amines is 1. The second-order valence-electron chi connectivity index (χ2n) is 7.16. The minimum atomic E-state index is -0.833. The minimum Gasteiger partial charge on any atom is -0.481 e. The lowest BCUT2D eigenvalue weighted by molar-refractivity contribution is -0.134. The molecule has 1 amide bonds. The van der Waals surface area contributed by atoms with Crippen molar-refractivity contribution in [3.63, 3.8) is 0 Å².